The summed E-state index contributed by atoms with van der Waals surface area (Å²) in [7, 11) is 0. The molecule has 0 radical (unpaired) electrons. The molecule has 0 spiro atoms. The van der Waals surface area contributed by atoms with Gasteiger partial charge in [0.25, 0.3) is 5.56 Å². The Morgan fingerprint density at radius 2 is 2.04 bits per heavy atom. The van der Waals surface area contributed by atoms with Crippen LogP contribution < -0.4 is 10.9 Å². The quantitative estimate of drug-likeness (QED) is 0.735. The van der Waals surface area contributed by atoms with Crippen LogP contribution in [0.5, 0.6) is 0 Å². The second kappa shape index (κ2) is 6.20. The minimum Gasteiger partial charge on any atom is -0.390 e. The molecule has 0 atom stereocenters. The van der Waals surface area contributed by atoms with Gasteiger partial charge in [0.1, 0.15) is 17.9 Å². The van der Waals surface area contributed by atoms with E-state index in [1.54, 1.807) is 6.92 Å². The third-order valence-electron chi connectivity index (χ3n) is 5.16. The van der Waals surface area contributed by atoms with Crippen LogP contribution in [0, 0.1) is 0 Å². The highest BCUT2D eigenvalue weighted by Crippen LogP contribution is 2.31. The molecule has 1 amide bonds. The SMILES string of the molecule is CC(C)c1nn(CC(=O)NC2CC(C)(O)C2)c(=O)c2cc3ccccc3n12. The van der Waals surface area contributed by atoms with E-state index in [4.69, 9.17) is 0 Å². The lowest BCUT2D eigenvalue weighted by Gasteiger charge is -2.41. The van der Waals surface area contributed by atoms with Crippen molar-refractivity contribution in [2.75, 3.05) is 0 Å². The van der Waals surface area contributed by atoms with E-state index in [0.29, 0.717) is 18.4 Å². The van der Waals surface area contributed by atoms with Gasteiger partial charge in [0.15, 0.2) is 0 Å². The molecular weight excluding hydrogens is 344 g/mol. The van der Waals surface area contributed by atoms with Gasteiger partial charge in [-0.2, -0.15) is 5.10 Å². The Kier molecular flexibility index (Phi) is 4.07. The van der Waals surface area contributed by atoms with Gasteiger partial charge in [0.05, 0.1) is 11.1 Å². The maximum atomic E-state index is 12.9. The van der Waals surface area contributed by atoms with Crippen LogP contribution in [0.25, 0.3) is 16.4 Å². The Hall–Kier alpha value is -2.67. The maximum Gasteiger partial charge on any atom is 0.291 e. The zero-order valence-electron chi connectivity index (χ0n) is 15.8. The summed E-state index contributed by atoms with van der Waals surface area (Å²) in [5, 5.41) is 18.1. The highest BCUT2D eigenvalue weighted by Gasteiger charge is 2.39. The number of hydrogen-bond acceptors (Lipinski definition) is 4. The van der Waals surface area contributed by atoms with E-state index in [2.05, 4.69) is 10.4 Å². The zero-order valence-corrected chi connectivity index (χ0v) is 15.8. The number of carbonyl (C=O) groups excluding carboxylic acids is 1. The molecule has 0 saturated heterocycles. The predicted octanol–water partition coefficient (Wildman–Crippen LogP) is 1.80. The average molecular weight is 368 g/mol. The molecule has 0 unspecified atom stereocenters. The van der Waals surface area contributed by atoms with Crippen LogP contribution in [0.4, 0.5) is 0 Å². The lowest BCUT2D eigenvalue weighted by molar-refractivity contribution is -0.125. The van der Waals surface area contributed by atoms with Crippen molar-refractivity contribution >= 4 is 22.3 Å². The summed E-state index contributed by atoms with van der Waals surface area (Å²) >= 11 is 0. The molecule has 2 aromatic heterocycles. The first-order valence-electron chi connectivity index (χ1n) is 9.28. The standard InChI is InChI=1S/C20H24N4O3/c1-12(2)18-22-23(11-17(25)21-14-9-20(3,27)10-14)19(26)16-8-13-6-4-5-7-15(13)24(16)18/h4-8,12,14,27H,9-11H2,1-3H3,(H,21,25). The molecular formula is C20H24N4O3. The number of para-hydroxylation sites is 1. The van der Waals surface area contributed by atoms with E-state index in [0.717, 1.165) is 16.7 Å². The topological polar surface area (TPSA) is 88.6 Å². The molecule has 142 valence electrons. The van der Waals surface area contributed by atoms with Crippen LogP contribution >= 0.6 is 0 Å². The number of rotatable bonds is 4. The summed E-state index contributed by atoms with van der Waals surface area (Å²) < 4.78 is 3.13. The predicted molar refractivity (Wildman–Crippen MR) is 103 cm³/mol. The Morgan fingerprint density at radius 3 is 2.70 bits per heavy atom. The van der Waals surface area contributed by atoms with Gasteiger partial charge in [0.2, 0.25) is 5.91 Å². The summed E-state index contributed by atoms with van der Waals surface area (Å²) in [6.45, 7) is 5.65. The number of hydrogen-bond donors (Lipinski definition) is 2. The van der Waals surface area contributed by atoms with Gasteiger partial charge < -0.3 is 10.4 Å². The van der Waals surface area contributed by atoms with E-state index in [1.807, 2.05) is 48.6 Å². The lowest BCUT2D eigenvalue weighted by Crippen LogP contribution is -2.54. The maximum absolute atomic E-state index is 12.9. The van der Waals surface area contributed by atoms with Crippen LogP contribution in [0.15, 0.2) is 35.1 Å². The molecule has 4 rings (SSSR count). The van der Waals surface area contributed by atoms with Crippen molar-refractivity contribution in [3.05, 3.63) is 46.5 Å². The normalized spacial score (nSPS) is 22.3. The van der Waals surface area contributed by atoms with Gasteiger partial charge >= 0.3 is 0 Å². The first-order chi connectivity index (χ1) is 12.7. The van der Waals surface area contributed by atoms with Gasteiger partial charge in [-0.05, 0) is 31.9 Å². The van der Waals surface area contributed by atoms with Crippen molar-refractivity contribution in [1.29, 1.82) is 0 Å². The first kappa shape index (κ1) is 17.7. The third-order valence-corrected chi connectivity index (χ3v) is 5.16. The fourth-order valence-electron chi connectivity index (χ4n) is 3.90. The van der Waals surface area contributed by atoms with E-state index in [1.165, 1.54) is 4.68 Å². The van der Waals surface area contributed by atoms with Gasteiger partial charge in [-0.15, -0.1) is 0 Å². The molecule has 27 heavy (non-hydrogen) atoms. The molecule has 1 aliphatic rings. The van der Waals surface area contributed by atoms with Gasteiger partial charge in [-0.3, -0.25) is 14.0 Å². The Morgan fingerprint density at radius 1 is 1.33 bits per heavy atom. The number of nitrogens with zero attached hydrogens (tertiary/aromatic N) is 3. The van der Waals surface area contributed by atoms with Crippen molar-refractivity contribution in [1.82, 2.24) is 19.5 Å². The van der Waals surface area contributed by atoms with Gasteiger partial charge in [-0.25, -0.2) is 4.68 Å². The van der Waals surface area contributed by atoms with Crippen molar-refractivity contribution in [2.24, 2.45) is 0 Å². The van der Waals surface area contributed by atoms with Crippen molar-refractivity contribution in [2.45, 2.75) is 57.7 Å². The molecule has 2 heterocycles. The molecule has 1 aliphatic carbocycles. The van der Waals surface area contributed by atoms with Crippen LogP contribution in [0.1, 0.15) is 45.4 Å². The van der Waals surface area contributed by atoms with Crippen LogP contribution in [0.3, 0.4) is 0 Å². The Balaban J connectivity index is 1.71. The lowest BCUT2D eigenvalue weighted by atomic mass is 9.77. The van der Waals surface area contributed by atoms with E-state index < -0.39 is 5.60 Å². The molecule has 0 bridgehead atoms. The second-order valence-corrected chi connectivity index (χ2v) is 8.07. The highest BCUT2D eigenvalue weighted by atomic mass is 16.3. The van der Waals surface area contributed by atoms with E-state index in [9.17, 15) is 14.7 Å². The Bertz CT molecular complexity index is 1090. The molecule has 1 saturated carbocycles. The minimum atomic E-state index is -0.706. The average Bonchev–Trinajstić information content (AvgIpc) is 2.95. The molecule has 0 aliphatic heterocycles. The summed E-state index contributed by atoms with van der Waals surface area (Å²) in [6.07, 6.45) is 1.06. The number of fused-ring (bicyclic) bond motifs is 3. The van der Waals surface area contributed by atoms with E-state index in [-0.39, 0.29) is 30.0 Å². The fourth-order valence-corrected chi connectivity index (χ4v) is 3.90. The number of carbonyl (C=O) groups is 1. The molecule has 3 aromatic rings. The van der Waals surface area contributed by atoms with Gasteiger partial charge in [-0.1, -0.05) is 32.0 Å². The van der Waals surface area contributed by atoms with E-state index >= 15 is 0 Å². The van der Waals surface area contributed by atoms with Crippen LogP contribution in [-0.4, -0.2) is 36.8 Å². The summed E-state index contributed by atoms with van der Waals surface area (Å²) in [5.41, 5.74) is 0.470. The zero-order chi connectivity index (χ0) is 19.3. The highest BCUT2D eigenvalue weighted by molar-refractivity contribution is 5.87. The smallest absolute Gasteiger partial charge is 0.291 e. The summed E-state index contributed by atoms with van der Waals surface area (Å²) in [6, 6.07) is 9.60. The monoisotopic (exact) mass is 368 g/mol. The van der Waals surface area contributed by atoms with Gasteiger partial charge in [0, 0.05) is 17.3 Å². The molecule has 1 aromatic carbocycles. The third kappa shape index (κ3) is 3.12. The minimum absolute atomic E-state index is 0.0487. The molecule has 7 heteroatoms. The van der Waals surface area contributed by atoms with Crippen molar-refractivity contribution in [3.63, 3.8) is 0 Å². The number of aromatic nitrogens is 3. The number of aliphatic hydroxyl groups is 1. The molecule has 7 nitrogen and oxygen atoms in total. The van der Waals surface area contributed by atoms with Crippen molar-refractivity contribution in [3.8, 4) is 0 Å². The number of benzene rings is 1. The van der Waals surface area contributed by atoms with Crippen LogP contribution in [-0.2, 0) is 11.3 Å². The summed E-state index contributed by atoms with van der Waals surface area (Å²) in [4.78, 5) is 25.3. The largest absolute Gasteiger partial charge is 0.390 e. The second-order valence-electron chi connectivity index (χ2n) is 8.07. The number of nitrogens with one attached hydrogen (secondary N) is 1. The summed E-state index contributed by atoms with van der Waals surface area (Å²) in [5.74, 6) is 0.561. The number of amides is 1. The molecule has 1 fully saturated rings. The van der Waals surface area contributed by atoms with Crippen molar-refractivity contribution < 1.29 is 9.90 Å². The Labute approximate surface area is 156 Å². The fraction of sp³-hybridized carbons (Fsp3) is 0.450. The molecule has 2 N–H and O–H groups in total. The van der Waals surface area contributed by atoms with Crippen LogP contribution in [0.2, 0.25) is 0 Å². The first-order valence-corrected chi connectivity index (χ1v) is 9.28.